The second kappa shape index (κ2) is 6.45. The average Bonchev–Trinajstić information content (AvgIpc) is 2.85. The van der Waals surface area contributed by atoms with Gasteiger partial charge in [-0.3, -0.25) is 4.99 Å². The maximum Gasteiger partial charge on any atom is 0.191 e. The fourth-order valence-corrected chi connectivity index (χ4v) is 2.11. The number of nitrogens with one attached hydrogen (secondary N) is 2. The number of para-hydroxylation sites is 1. The van der Waals surface area contributed by atoms with E-state index in [-0.39, 0.29) is 6.10 Å². The van der Waals surface area contributed by atoms with Crippen molar-refractivity contribution in [2.45, 2.75) is 38.8 Å². The Kier molecular flexibility index (Phi) is 4.66. The van der Waals surface area contributed by atoms with Gasteiger partial charge in [0.1, 0.15) is 11.9 Å². The SMILES string of the molecule is CCC(C)NC(=NC)NCC1Cc2ccccc2O1. The van der Waals surface area contributed by atoms with Crippen LogP contribution in [0.1, 0.15) is 25.8 Å². The molecule has 2 N–H and O–H groups in total. The quantitative estimate of drug-likeness (QED) is 0.643. The molecule has 1 aromatic rings. The molecule has 0 radical (unpaired) electrons. The third-order valence-corrected chi connectivity index (χ3v) is 3.43. The molecule has 2 rings (SSSR count). The summed E-state index contributed by atoms with van der Waals surface area (Å²) in [6.07, 6.45) is 2.23. The molecular formula is C15H23N3O. The van der Waals surface area contributed by atoms with Crippen LogP contribution in [0, 0.1) is 0 Å². The van der Waals surface area contributed by atoms with E-state index in [1.165, 1.54) is 5.56 Å². The number of nitrogens with zero attached hydrogens (tertiary/aromatic N) is 1. The van der Waals surface area contributed by atoms with Crippen LogP contribution in [0.4, 0.5) is 0 Å². The number of fused-ring (bicyclic) bond motifs is 1. The van der Waals surface area contributed by atoms with Crippen molar-refractivity contribution in [1.29, 1.82) is 0 Å². The summed E-state index contributed by atoms with van der Waals surface area (Å²) >= 11 is 0. The standard InChI is InChI=1S/C15H23N3O/c1-4-11(2)18-15(16-3)17-10-13-9-12-7-5-6-8-14(12)19-13/h5-8,11,13H,4,9-10H2,1-3H3,(H2,16,17,18). The smallest absolute Gasteiger partial charge is 0.191 e. The number of rotatable bonds is 4. The lowest BCUT2D eigenvalue weighted by atomic mass is 10.1. The summed E-state index contributed by atoms with van der Waals surface area (Å²) in [7, 11) is 1.79. The Bertz CT molecular complexity index is 420. The fraction of sp³-hybridized carbons (Fsp3) is 0.533. The predicted octanol–water partition coefficient (Wildman–Crippen LogP) is 1.95. The van der Waals surface area contributed by atoms with Gasteiger partial charge in [-0.25, -0.2) is 0 Å². The Morgan fingerprint density at radius 3 is 2.95 bits per heavy atom. The second-order valence-corrected chi connectivity index (χ2v) is 4.96. The summed E-state index contributed by atoms with van der Waals surface area (Å²) in [6.45, 7) is 5.07. The minimum Gasteiger partial charge on any atom is -0.488 e. The van der Waals surface area contributed by atoms with Crippen LogP contribution in [-0.2, 0) is 6.42 Å². The molecule has 1 aliphatic heterocycles. The Morgan fingerprint density at radius 2 is 2.26 bits per heavy atom. The maximum atomic E-state index is 5.89. The molecule has 0 spiro atoms. The van der Waals surface area contributed by atoms with Crippen LogP contribution in [-0.4, -0.2) is 31.7 Å². The molecule has 0 amide bonds. The largest absolute Gasteiger partial charge is 0.488 e. The highest BCUT2D eigenvalue weighted by Crippen LogP contribution is 2.27. The lowest BCUT2D eigenvalue weighted by Crippen LogP contribution is -2.45. The van der Waals surface area contributed by atoms with Crippen molar-refractivity contribution in [1.82, 2.24) is 10.6 Å². The molecule has 0 fully saturated rings. The van der Waals surface area contributed by atoms with Crippen LogP contribution in [0.25, 0.3) is 0 Å². The van der Waals surface area contributed by atoms with Crippen molar-refractivity contribution in [2.75, 3.05) is 13.6 Å². The minimum atomic E-state index is 0.188. The summed E-state index contributed by atoms with van der Waals surface area (Å²) in [4.78, 5) is 4.22. The van der Waals surface area contributed by atoms with Gasteiger partial charge in [-0.2, -0.15) is 0 Å². The maximum absolute atomic E-state index is 5.89. The number of aliphatic imine (C=N–C) groups is 1. The molecule has 0 aliphatic carbocycles. The van der Waals surface area contributed by atoms with Crippen LogP contribution < -0.4 is 15.4 Å². The zero-order valence-electron chi connectivity index (χ0n) is 11.9. The molecule has 0 aromatic heterocycles. The number of benzene rings is 1. The van der Waals surface area contributed by atoms with E-state index in [1.807, 2.05) is 12.1 Å². The Hall–Kier alpha value is -1.71. The van der Waals surface area contributed by atoms with Gasteiger partial charge in [-0.05, 0) is 25.0 Å². The number of hydrogen-bond donors (Lipinski definition) is 2. The molecule has 2 atom stereocenters. The summed E-state index contributed by atoms with van der Waals surface area (Å²) in [5.41, 5.74) is 1.29. The Morgan fingerprint density at radius 1 is 1.47 bits per heavy atom. The van der Waals surface area contributed by atoms with E-state index >= 15 is 0 Å². The number of ether oxygens (including phenoxy) is 1. The van der Waals surface area contributed by atoms with E-state index in [4.69, 9.17) is 4.74 Å². The van der Waals surface area contributed by atoms with Gasteiger partial charge >= 0.3 is 0 Å². The van der Waals surface area contributed by atoms with E-state index in [1.54, 1.807) is 7.05 Å². The van der Waals surface area contributed by atoms with Crippen molar-refractivity contribution in [3.63, 3.8) is 0 Å². The molecule has 104 valence electrons. The first-order valence-electron chi connectivity index (χ1n) is 6.94. The van der Waals surface area contributed by atoms with Gasteiger partial charge in [0.05, 0.1) is 6.54 Å². The monoisotopic (exact) mass is 261 g/mol. The van der Waals surface area contributed by atoms with Crippen molar-refractivity contribution in [3.05, 3.63) is 29.8 Å². The van der Waals surface area contributed by atoms with Gasteiger partial charge in [0.2, 0.25) is 0 Å². The Balaban J connectivity index is 1.81. The van der Waals surface area contributed by atoms with Crippen LogP contribution in [0.2, 0.25) is 0 Å². The van der Waals surface area contributed by atoms with E-state index in [9.17, 15) is 0 Å². The Labute approximate surface area is 115 Å². The predicted molar refractivity (Wildman–Crippen MR) is 78.8 cm³/mol. The molecule has 4 nitrogen and oxygen atoms in total. The first-order valence-corrected chi connectivity index (χ1v) is 6.94. The molecular weight excluding hydrogens is 238 g/mol. The van der Waals surface area contributed by atoms with Gasteiger partial charge in [0.15, 0.2) is 5.96 Å². The van der Waals surface area contributed by atoms with Crippen LogP contribution in [0.5, 0.6) is 5.75 Å². The van der Waals surface area contributed by atoms with Gasteiger partial charge < -0.3 is 15.4 Å². The molecule has 1 aromatic carbocycles. The van der Waals surface area contributed by atoms with Crippen molar-refractivity contribution in [2.24, 2.45) is 4.99 Å². The molecule has 0 saturated carbocycles. The van der Waals surface area contributed by atoms with Crippen LogP contribution in [0.3, 0.4) is 0 Å². The summed E-state index contributed by atoms with van der Waals surface area (Å²) in [5.74, 6) is 1.85. The zero-order valence-corrected chi connectivity index (χ0v) is 11.9. The fourth-order valence-electron chi connectivity index (χ4n) is 2.11. The van der Waals surface area contributed by atoms with E-state index in [2.05, 4.69) is 41.6 Å². The first kappa shape index (κ1) is 13.7. The zero-order chi connectivity index (χ0) is 13.7. The molecule has 0 bridgehead atoms. The third kappa shape index (κ3) is 3.63. The summed E-state index contributed by atoms with van der Waals surface area (Å²) in [6, 6.07) is 8.65. The highest BCUT2D eigenvalue weighted by atomic mass is 16.5. The van der Waals surface area contributed by atoms with E-state index in [0.29, 0.717) is 6.04 Å². The molecule has 2 unspecified atom stereocenters. The second-order valence-electron chi connectivity index (χ2n) is 4.96. The number of hydrogen-bond acceptors (Lipinski definition) is 2. The minimum absolute atomic E-state index is 0.188. The molecule has 1 aliphatic rings. The normalized spacial score (nSPS) is 19.5. The lowest BCUT2D eigenvalue weighted by molar-refractivity contribution is 0.234. The molecule has 0 saturated heterocycles. The highest BCUT2D eigenvalue weighted by Gasteiger charge is 2.22. The van der Waals surface area contributed by atoms with Gasteiger partial charge in [-0.1, -0.05) is 25.1 Å². The lowest BCUT2D eigenvalue weighted by Gasteiger charge is -2.18. The van der Waals surface area contributed by atoms with Gasteiger partial charge in [0, 0.05) is 19.5 Å². The van der Waals surface area contributed by atoms with E-state index in [0.717, 1.165) is 31.1 Å². The van der Waals surface area contributed by atoms with E-state index < -0.39 is 0 Å². The summed E-state index contributed by atoms with van der Waals surface area (Å²) in [5, 5.41) is 6.67. The first-order chi connectivity index (χ1) is 9.22. The van der Waals surface area contributed by atoms with Gasteiger partial charge in [-0.15, -0.1) is 0 Å². The van der Waals surface area contributed by atoms with Crippen LogP contribution in [0.15, 0.2) is 29.3 Å². The summed E-state index contributed by atoms with van der Waals surface area (Å²) < 4.78 is 5.89. The van der Waals surface area contributed by atoms with Crippen LogP contribution >= 0.6 is 0 Å². The van der Waals surface area contributed by atoms with Crippen molar-refractivity contribution < 1.29 is 4.74 Å². The molecule has 1 heterocycles. The highest BCUT2D eigenvalue weighted by molar-refractivity contribution is 5.79. The molecule has 19 heavy (non-hydrogen) atoms. The molecule has 4 heteroatoms. The third-order valence-electron chi connectivity index (χ3n) is 3.43. The average molecular weight is 261 g/mol. The van der Waals surface area contributed by atoms with Crippen molar-refractivity contribution >= 4 is 5.96 Å². The van der Waals surface area contributed by atoms with Crippen molar-refractivity contribution in [3.8, 4) is 5.75 Å². The number of guanidine groups is 1. The van der Waals surface area contributed by atoms with Gasteiger partial charge in [0.25, 0.3) is 0 Å². The topological polar surface area (TPSA) is 45.7 Å².